The number of anilines is 2. The highest BCUT2D eigenvalue weighted by Gasteiger charge is 2.33. The number of nitrogens with zero attached hydrogens (tertiary/aromatic N) is 3. The van der Waals surface area contributed by atoms with E-state index in [-0.39, 0.29) is 17.9 Å². The predicted octanol–water partition coefficient (Wildman–Crippen LogP) is 3.82. The Balaban J connectivity index is 1.38. The second-order valence-corrected chi connectivity index (χ2v) is 8.30. The standard InChI is InChI=1S/C22H25ClN4O2/c1-15-7-10-26(11-8-15)21(28)16-5-6-20(24-14-16)25-19-9-12-27(22(19)29)18-4-2-3-17(23)13-18/h2-6,13-15,19H,7-12H2,1H3,(H,24,25). The monoisotopic (exact) mass is 412 g/mol. The van der Waals surface area contributed by atoms with E-state index >= 15 is 0 Å². The molecule has 0 saturated carbocycles. The van der Waals surface area contributed by atoms with Crippen LogP contribution < -0.4 is 10.2 Å². The molecule has 1 aromatic heterocycles. The normalized spacial score (nSPS) is 20.2. The van der Waals surface area contributed by atoms with E-state index in [1.54, 1.807) is 35.4 Å². The summed E-state index contributed by atoms with van der Waals surface area (Å²) in [4.78, 5) is 33.4. The van der Waals surface area contributed by atoms with Crippen LogP contribution in [0.15, 0.2) is 42.6 Å². The Hall–Kier alpha value is -2.60. The minimum atomic E-state index is -0.341. The molecule has 0 aliphatic carbocycles. The van der Waals surface area contributed by atoms with Gasteiger partial charge < -0.3 is 15.1 Å². The molecule has 7 heteroatoms. The number of piperidine rings is 1. The molecular formula is C22H25ClN4O2. The number of nitrogens with one attached hydrogen (secondary N) is 1. The first-order chi connectivity index (χ1) is 14.0. The van der Waals surface area contributed by atoms with Crippen molar-refractivity contribution in [1.29, 1.82) is 0 Å². The molecule has 2 saturated heterocycles. The SMILES string of the molecule is CC1CCN(C(=O)c2ccc(NC3CCN(c4cccc(Cl)c4)C3=O)nc2)CC1. The maximum absolute atomic E-state index is 12.8. The maximum Gasteiger partial charge on any atom is 0.255 e. The lowest BCUT2D eigenvalue weighted by Gasteiger charge is -2.30. The van der Waals surface area contributed by atoms with Gasteiger partial charge in [0.1, 0.15) is 11.9 Å². The molecule has 2 aliphatic rings. The Morgan fingerprint density at radius 3 is 2.62 bits per heavy atom. The zero-order chi connectivity index (χ0) is 20.4. The fourth-order valence-electron chi connectivity index (χ4n) is 3.89. The van der Waals surface area contributed by atoms with Gasteiger partial charge in [-0.15, -0.1) is 0 Å². The summed E-state index contributed by atoms with van der Waals surface area (Å²) in [5.41, 5.74) is 1.39. The van der Waals surface area contributed by atoms with Gasteiger partial charge in [0.05, 0.1) is 5.56 Å². The molecule has 1 atom stereocenters. The van der Waals surface area contributed by atoms with E-state index in [0.717, 1.165) is 31.6 Å². The Morgan fingerprint density at radius 1 is 1.14 bits per heavy atom. The van der Waals surface area contributed by atoms with Gasteiger partial charge in [-0.2, -0.15) is 0 Å². The van der Waals surface area contributed by atoms with Crippen LogP contribution in [0.4, 0.5) is 11.5 Å². The van der Waals surface area contributed by atoms with Crippen LogP contribution >= 0.6 is 11.6 Å². The quantitative estimate of drug-likeness (QED) is 0.828. The average Bonchev–Trinajstić information content (AvgIpc) is 3.09. The molecule has 152 valence electrons. The Morgan fingerprint density at radius 2 is 1.93 bits per heavy atom. The summed E-state index contributed by atoms with van der Waals surface area (Å²) in [6, 6.07) is 10.5. The largest absolute Gasteiger partial charge is 0.358 e. The molecule has 2 aromatic rings. The van der Waals surface area contributed by atoms with Crippen molar-refractivity contribution < 1.29 is 9.59 Å². The number of halogens is 1. The summed E-state index contributed by atoms with van der Waals surface area (Å²) < 4.78 is 0. The number of hydrogen-bond acceptors (Lipinski definition) is 4. The number of carbonyl (C=O) groups excluding carboxylic acids is 2. The third-order valence-electron chi connectivity index (χ3n) is 5.73. The van der Waals surface area contributed by atoms with Gasteiger partial charge in [-0.3, -0.25) is 9.59 Å². The number of carbonyl (C=O) groups is 2. The molecule has 3 heterocycles. The summed E-state index contributed by atoms with van der Waals surface area (Å²) >= 11 is 6.05. The van der Waals surface area contributed by atoms with Crippen molar-refractivity contribution in [2.45, 2.75) is 32.2 Å². The summed E-state index contributed by atoms with van der Waals surface area (Å²) in [5.74, 6) is 1.30. The Labute approximate surface area is 175 Å². The van der Waals surface area contributed by atoms with Crippen LogP contribution in [-0.4, -0.2) is 47.4 Å². The summed E-state index contributed by atoms with van der Waals surface area (Å²) in [5, 5.41) is 3.80. The molecule has 1 aromatic carbocycles. The second kappa shape index (κ2) is 8.41. The van der Waals surface area contributed by atoms with E-state index in [0.29, 0.717) is 35.3 Å². The van der Waals surface area contributed by atoms with Crippen LogP contribution in [0.5, 0.6) is 0 Å². The minimum absolute atomic E-state index is 0.00310. The number of hydrogen-bond donors (Lipinski definition) is 1. The van der Waals surface area contributed by atoms with E-state index in [9.17, 15) is 9.59 Å². The summed E-state index contributed by atoms with van der Waals surface area (Å²) in [6.45, 7) is 4.45. The van der Waals surface area contributed by atoms with Crippen LogP contribution in [0.3, 0.4) is 0 Å². The van der Waals surface area contributed by atoms with Gasteiger partial charge in [0.15, 0.2) is 0 Å². The van der Waals surface area contributed by atoms with Crippen molar-refractivity contribution in [1.82, 2.24) is 9.88 Å². The highest BCUT2D eigenvalue weighted by molar-refractivity contribution is 6.31. The third-order valence-corrected chi connectivity index (χ3v) is 5.96. The van der Waals surface area contributed by atoms with Crippen molar-refractivity contribution in [3.63, 3.8) is 0 Å². The van der Waals surface area contributed by atoms with E-state index in [1.807, 2.05) is 17.0 Å². The second-order valence-electron chi connectivity index (χ2n) is 7.86. The molecule has 0 spiro atoms. The predicted molar refractivity (Wildman–Crippen MR) is 114 cm³/mol. The zero-order valence-corrected chi connectivity index (χ0v) is 17.2. The van der Waals surface area contributed by atoms with Crippen LogP contribution in [0.1, 0.15) is 36.5 Å². The van der Waals surface area contributed by atoms with Gasteiger partial charge in [0.2, 0.25) is 5.91 Å². The van der Waals surface area contributed by atoms with Gasteiger partial charge in [-0.05, 0) is 55.5 Å². The topological polar surface area (TPSA) is 65.5 Å². The maximum atomic E-state index is 12.8. The number of rotatable bonds is 4. The lowest BCUT2D eigenvalue weighted by atomic mass is 9.99. The molecule has 4 rings (SSSR count). The average molecular weight is 413 g/mol. The first-order valence-corrected chi connectivity index (χ1v) is 10.5. The molecule has 0 radical (unpaired) electrons. The van der Waals surface area contributed by atoms with Crippen LogP contribution in [-0.2, 0) is 4.79 Å². The van der Waals surface area contributed by atoms with E-state index in [1.165, 1.54) is 0 Å². The van der Waals surface area contributed by atoms with E-state index in [2.05, 4.69) is 17.2 Å². The van der Waals surface area contributed by atoms with Gasteiger partial charge >= 0.3 is 0 Å². The minimum Gasteiger partial charge on any atom is -0.358 e. The molecule has 2 amide bonds. The fourth-order valence-corrected chi connectivity index (χ4v) is 4.08. The lowest BCUT2D eigenvalue weighted by Crippen LogP contribution is -2.38. The lowest BCUT2D eigenvalue weighted by molar-refractivity contribution is -0.117. The number of pyridine rings is 1. The van der Waals surface area contributed by atoms with Crippen LogP contribution in [0.25, 0.3) is 0 Å². The molecular weight excluding hydrogens is 388 g/mol. The number of likely N-dealkylation sites (tertiary alicyclic amines) is 1. The van der Waals surface area contributed by atoms with E-state index in [4.69, 9.17) is 11.6 Å². The zero-order valence-electron chi connectivity index (χ0n) is 16.5. The highest BCUT2D eigenvalue weighted by Crippen LogP contribution is 2.26. The van der Waals surface area contributed by atoms with Crippen LogP contribution in [0.2, 0.25) is 5.02 Å². The van der Waals surface area contributed by atoms with Crippen molar-refractivity contribution in [3.05, 3.63) is 53.2 Å². The number of aromatic nitrogens is 1. The van der Waals surface area contributed by atoms with Crippen molar-refractivity contribution in [2.75, 3.05) is 29.9 Å². The van der Waals surface area contributed by atoms with Gasteiger partial charge in [0, 0.05) is 36.5 Å². The van der Waals surface area contributed by atoms with Gasteiger partial charge in [0.25, 0.3) is 5.91 Å². The Kier molecular flexibility index (Phi) is 5.72. The highest BCUT2D eigenvalue weighted by atomic mass is 35.5. The Bertz CT molecular complexity index is 894. The molecule has 0 bridgehead atoms. The molecule has 1 N–H and O–H groups in total. The van der Waals surface area contributed by atoms with Crippen molar-refractivity contribution in [3.8, 4) is 0 Å². The van der Waals surface area contributed by atoms with Gasteiger partial charge in [-0.25, -0.2) is 4.98 Å². The molecule has 1 unspecified atom stereocenters. The van der Waals surface area contributed by atoms with Crippen LogP contribution in [0, 0.1) is 5.92 Å². The summed E-state index contributed by atoms with van der Waals surface area (Å²) in [6.07, 6.45) is 4.37. The van der Waals surface area contributed by atoms with E-state index < -0.39 is 0 Å². The number of benzene rings is 1. The third kappa shape index (κ3) is 4.37. The smallest absolute Gasteiger partial charge is 0.255 e. The van der Waals surface area contributed by atoms with Crippen molar-refractivity contribution in [2.24, 2.45) is 5.92 Å². The fraction of sp³-hybridized carbons (Fsp3) is 0.409. The molecule has 2 fully saturated rings. The molecule has 2 aliphatic heterocycles. The first-order valence-electron chi connectivity index (χ1n) is 10.1. The number of amides is 2. The van der Waals surface area contributed by atoms with Crippen molar-refractivity contribution >= 4 is 34.9 Å². The first kappa shape index (κ1) is 19.7. The summed E-state index contributed by atoms with van der Waals surface area (Å²) in [7, 11) is 0. The molecule has 29 heavy (non-hydrogen) atoms. The van der Waals surface area contributed by atoms with Gasteiger partial charge in [-0.1, -0.05) is 24.6 Å². The molecule has 6 nitrogen and oxygen atoms in total.